The van der Waals surface area contributed by atoms with E-state index in [0.29, 0.717) is 0 Å². The van der Waals surface area contributed by atoms with Gasteiger partial charge in [0.05, 0.1) is 11.6 Å². The van der Waals surface area contributed by atoms with E-state index in [1.54, 1.807) is 0 Å². The molecule has 5 nitrogen and oxygen atoms in total. The molecule has 0 saturated carbocycles. The Bertz CT molecular complexity index is 773. The number of halogens is 3. The molecule has 0 fully saturated rings. The van der Waals surface area contributed by atoms with E-state index < -0.39 is 17.8 Å². The highest BCUT2D eigenvalue weighted by atomic mass is 32.1. The SMILES string of the molecule is [N-]=[N+]=N[C@H](CNC(=S)Nc1ccccc1)c1cccc(C(F)(F)F)c1. The zero-order valence-corrected chi connectivity index (χ0v) is 13.7. The van der Waals surface area contributed by atoms with E-state index >= 15 is 0 Å². The van der Waals surface area contributed by atoms with Gasteiger partial charge in [0.25, 0.3) is 0 Å². The Morgan fingerprint density at radius 1 is 1.16 bits per heavy atom. The van der Waals surface area contributed by atoms with Crippen LogP contribution in [-0.4, -0.2) is 11.7 Å². The van der Waals surface area contributed by atoms with Crippen molar-refractivity contribution in [3.8, 4) is 0 Å². The second kappa shape index (κ2) is 8.36. The second-order valence-corrected chi connectivity index (χ2v) is 5.45. The van der Waals surface area contributed by atoms with Gasteiger partial charge in [-0.1, -0.05) is 41.5 Å². The Balaban J connectivity index is 2.06. The summed E-state index contributed by atoms with van der Waals surface area (Å²) in [6, 6.07) is 13.0. The van der Waals surface area contributed by atoms with Crippen LogP contribution in [0.25, 0.3) is 10.4 Å². The first kappa shape index (κ1) is 18.6. The van der Waals surface area contributed by atoms with Crippen LogP contribution in [0, 0.1) is 0 Å². The Morgan fingerprint density at radius 3 is 2.52 bits per heavy atom. The van der Waals surface area contributed by atoms with Crippen molar-refractivity contribution in [1.29, 1.82) is 0 Å². The maximum atomic E-state index is 12.8. The molecule has 0 unspecified atom stereocenters. The fraction of sp³-hybridized carbons (Fsp3) is 0.188. The summed E-state index contributed by atoms with van der Waals surface area (Å²) < 4.78 is 38.5. The molecule has 1 atom stereocenters. The van der Waals surface area contributed by atoms with Gasteiger partial charge in [0.2, 0.25) is 0 Å². The number of azide groups is 1. The average Bonchev–Trinajstić information content (AvgIpc) is 2.59. The van der Waals surface area contributed by atoms with Crippen LogP contribution in [0.2, 0.25) is 0 Å². The summed E-state index contributed by atoms with van der Waals surface area (Å²) in [5, 5.41) is 9.61. The number of rotatable bonds is 5. The molecule has 0 aromatic heterocycles. The highest BCUT2D eigenvalue weighted by Gasteiger charge is 2.30. The molecule has 130 valence electrons. The zero-order valence-electron chi connectivity index (χ0n) is 12.9. The number of nitrogens with zero attached hydrogens (tertiary/aromatic N) is 3. The van der Waals surface area contributed by atoms with E-state index in [-0.39, 0.29) is 17.2 Å². The predicted molar refractivity (Wildman–Crippen MR) is 94.0 cm³/mol. The fourth-order valence-electron chi connectivity index (χ4n) is 2.10. The lowest BCUT2D eigenvalue weighted by molar-refractivity contribution is -0.137. The highest BCUT2D eigenvalue weighted by Crippen LogP contribution is 2.31. The van der Waals surface area contributed by atoms with E-state index in [1.807, 2.05) is 30.3 Å². The van der Waals surface area contributed by atoms with Crippen molar-refractivity contribution < 1.29 is 13.2 Å². The lowest BCUT2D eigenvalue weighted by Crippen LogP contribution is -2.31. The second-order valence-electron chi connectivity index (χ2n) is 5.04. The number of hydrogen-bond acceptors (Lipinski definition) is 2. The van der Waals surface area contributed by atoms with E-state index in [4.69, 9.17) is 17.7 Å². The van der Waals surface area contributed by atoms with Crippen molar-refractivity contribution in [3.05, 3.63) is 76.2 Å². The number of para-hydroxylation sites is 1. The Labute approximate surface area is 147 Å². The summed E-state index contributed by atoms with van der Waals surface area (Å²) >= 11 is 5.14. The molecular weight excluding hydrogens is 351 g/mol. The third-order valence-electron chi connectivity index (χ3n) is 3.28. The molecule has 2 N–H and O–H groups in total. The van der Waals surface area contributed by atoms with Gasteiger partial charge < -0.3 is 10.6 Å². The summed E-state index contributed by atoms with van der Waals surface area (Å²) in [6.07, 6.45) is -4.46. The minimum atomic E-state index is -4.46. The first-order chi connectivity index (χ1) is 11.9. The summed E-state index contributed by atoms with van der Waals surface area (Å²) in [5.41, 5.74) is 8.91. The van der Waals surface area contributed by atoms with E-state index in [0.717, 1.165) is 17.8 Å². The summed E-state index contributed by atoms with van der Waals surface area (Å²) in [5.74, 6) is 0. The van der Waals surface area contributed by atoms with Crippen LogP contribution < -0.4 is 10.6 Å². The van der Waals surface area contributed by atoms with Crippen LogP contribution in [0.4, 0.5) is 18.9 Å². The first-order valence-corrected chi connectivity index (χ1v) is 7.62. The molecule has 0 saturated heterocycles. The molecule has 9 heteroatoms. The molecule has 0 radical (unpaired) electrons. The summed E-state index contributed by atoms with van der Waals surface area (Å²) in [4.78, 5) is 2.71. The lowest BCUT2D eigenvalue weighted by atomic mass is 10.0. The summed E-state index contributed by atoms with van der Waals surface area (Å²) in [6.45, 7) is 0.0596. The van der Waals surface area contributed by atoms with Crippen molar-refractivity contribution in [1.82, 2.24) is 5.32 Å². The quantitative estimate of drug-likeness (QED) is 0.337. The third-order valence-corrected chi connectivity index (χ3v) is 3.52. The molecule has 0 aliphatic rings. The van der Waals surface area contributed by atoms with Crippen molar-refractivity contribution in [2.75, 3.05) is 11.9 Å². The molecular formula is C16H14F3N5S. The standard InChI is InChI=1S/C16H14F3N5S/c17-16(18,19)12-6-4-5-11(9-12)14(23-24-20)10-21-15(25)22-13-7-2-1-3-8-13/h1-9,14H,10H2,(H2,21,22,25)/t14-/m1/s1. The van der Waals surface area contributed by atoms with Crippen molar-refractivity contribution in [2.45, 2.75) is 12.2 Å². The fourth-order valence-corrected chi connectivity index (χ4v) is 2.30. The predicted octanol–water partition coefficient (Wildman–Crippen LogP) is 5.04. The van der Waals surface area contributed by atoms with Gasteiger partial charge in [-0.2, -0.15) is 13.2 Å². The van der Waals surface area contributed by atoms with E-state index in [1.165, 1.54) is 12.1 Å². The van der Waals surface area contributed by atoms with Crippen LogP contribution in [0.15, 0.2) is 59.7 Å². The third kappa shape index (κ3) is 5.66. The van der Waals surface area contributed by atoms with Gasteiger partial charge in [-0.05, 0) is 41.5 Å². The number of hydrogen-bond donors (Lipinski definition) is 2. The number of alkyl halides is 3. The van der Waals surface area contributed by atoms with Crippen LogP contribution >= 0.6 is 12.2 Å². The summed E-state index contributed by atoms with van der Waals surface area (Å²) in [7, 11) is 0. The number of thiocarbonyl (C=S) groups is 1. The molecule has 0 aliphatic heterocycles. The lowest BCUT2D eigenvalue weighted by Gasteiger charge is -2.16. The van der Waals surface area contributed by atoms with Crippen molar-refractivity contribution in [2.24, 2.45) is 5.11 Å². The van der Waals surface area contributed by atoms with E-state index in [9.17, 15) is 13.2 Å². The maximum Gasteiger partial charge on any atom is 0.416 e. The molecule has 25 heavy (non-hydrogen) atoms. The van der Waals surface area contributed by atoms with Gasteiger partial charge in [-0.3, -0.25) is 0 Å². The molecule has 0 bridgehead atoms. The molecule has 0 spiro atoms. The largest absolute Gasteiger partial charge is 0.416 e. The van der Waals surface area contributed by atoms with E-state index in [2.05, 4.69) is 20.7 Å². The molecule has 2 aromatic rings. The number of anilines is 1. The smallest absolute Gasteiger partial charge is 0.362 e. The van der Waals surface area contributed by atoms with Gasteiger partial charge in [0, 0.05) is 17.1 Å². The maximum absolute atomic E-state index is 12.8. The van der Waals surface area contributed by atoms with Gasteiger partial charge in [-0.25, -0.2) is 0 Å². The molecule has 2 rings (SSSR count). The first-order valence-electron chi connectivity index (χ1n) is 7.21. The van der Waals surface area contributed by atoms with Gasteiger partial charge >= 0.3 is 6.18 Å². The molecule has 0 aliphatic carbocycles. The average molecular weight is 365 g/mol. The van der Waals surface area contributed by atoms with Crippen LogP contribution in [0.5, 0.6) is 0 Å². The Hall–Kier alpha value is -2.77. The topological polar surface area (TPSA) is 72.8 Å². The molecule has 2 aromatic carbocycles. The number of benzene rings is 2. The Kier molecular flexibility index (Phi) is 6.21. The van der Waals surface area contributed by atoms with Gasteiger partial charge in [-0.15, -0.1) is 0 Å². The zero-order chi connectivity index (χ0) is 18.3. The minimum absolute atomic E-state index is 0.0596. The van der Waals surface area contributed by atoms with Crippen LogP contribution in [0.1, 0.15) is 17.2 Å². The number of nitrogens with one attached hydrogen (secondary N) is 2. The monoisotopic (exact) mass is 365 g/mol. The molecule has 0 heterocycles. The minimum Gasteiger partial charge on any atom is -0.362 e. The highest BCUT2D eigenvalue weighted by molar-refractivity contribution is 7.80. The van der Waals surface area contributed by atoms with Gasteiger partial charge in [0.1, 0.15) is 0 Å². The normalized spacial score (nSPS) is 12.0. The van der Waals surface area contributed by atoms with Crippen LogP contribution in [-0.2, 0) is 6.18 Å². The molecule has 0 amide bonds. The van der Waals surface area contributed by atoms with Gasteiger partial charge in [0.15, 0.2) is 5.11 Å². The Morgan fingerprint density at radius 2 is 1.88 bits per heavy atom. The van der Waals surface area contributed by atoms with Crippen molar-refractivity contribution in [3.63, 3.8) is 0 Å². The van der Waals surface area contributed by atoms with Crippen molar-refractivity contribution >= 4 is 23.0 Å². The van der Waals surface area contributed by atoms with Crippen LogP contribution in [0.3, 0.4) is 0 Å².